The third-order valence-corrected chi connectivity index (χ3v) is 1.47. The average molecular weight is 180 g/mol. The molecule has 0 N–H and O–H groups in total. The van der Waals surface area contributed by atoms with Crippen molar-refractivity contribution >= 4 is 0 Å². The average Bonchev–Trinajstić information content (AvgIpc) is 2.03. The lowest BCUT2D eigenvalue weighted by molar-refractivity contribution is -0.496. The molecule has 0 radical (unpaired) electrons. The molecule has 0 spiro atoms. The lowest BCUT2D eigenvalue weighted by Crippen LogP contribution is -1.99. The van der Waals surface area contributed by atoms with E-state index in [2.05, 4.69) is 0 Å². The first kappa shape index (κ1) is 9.13. The molecule has 0 aromatic heterocycles. The number of halogens is 1. The Bertz CT molecular complexity index is 384. The van der Waals surface area contributed by atoms with E-state index in [9.17, 15) is 14.5 Å². The van der Waals surface area contributed by atoms with Crippen LogP contribution in [0.3, 0.4) is 0 Å². The number of rotatable bonds is 2. The van der Waals surface area contributed by atoms with Crippen LogP contribution in [0.2, 0.25) is 0 Å². The van der Waals surface area contributed by atoms with Gasteiger partial charge in [-0.05, 0) is 12.1 Å². The molecule has 0 aliphatic rings. The Morgan fingerprint density at radius 1 is 1.62 bits per heavy atom. The molecule has 1 aromatic carbocycles. The fourth-order valence-electron chi connectivity index (χ4n) is 0.897. The third kappa shape index (κ3) is 2.24. The van der Waals surface area contributed by atoms with Gasteiger partial charge in [0.15, 0.2) is 0 Å². The zero-order valence-corrected chi connectivity index (χ0v) is 6.53. The van der Waals surface area contributed by atoms with Gasteiger partial charge in [-0.15, -0.1) is 0 Å². The molecule has 0 saturated heterocycles. The number of hydrogen-bond donors (Lipinski definition) is 0. The molecule has 0 amide bonds. The maximum Gasteiger partial charge on any atom is 0.229 e. The highest BCUT2D eigenvalue weighted by Crippen LogP contribution is 2.09. The predicted molar refractivity (Wildman–Crippen MR) is 41.8 cm³/mol. The summed E-state index contributed by atoms with van der Waals surface area (Å²) in [4.78, 5) is 9.50. The zero-order chi connectivity index (χ0) is 9.84. The zero-order valence-electron chi connectivity index (χ0n) is 6.53. The molecular weight excluding hydrogens is 175 g/mol. The maximum absolute atomic E-state index is 12.9. The molecule has 0 aliphatic carbocycles. The second-order valence-corrected chi connectivity index (χ2v) is 2.42. The SMILES string of the molecule is N#Cc1ccc(C[N+](=O)[O-])cc1F. The fourth-order valence-corrected chi connectivity index (χ4v) is 0.897. The van der Waals surface area contributed by atoms with Gasteiger partial charge in [0.2, 0.25) is 6.54 Å². The van der Waals surface area contributed by atoms with E-state index in [1.807, 2.05) is 0 Å². The first-order valence-corrected chi connectivity index (χ1v) is 3.44. The molecule has 0 unspecified atom stereocenters. The Morgan fingerprint density at radius 3 is 2.77 bits per heavy atom. The van der Waals surface area contributed by atoms with Gasteiger partial charge in [0.05, 0.1) is 5.56 Å². The highest BCUT2D eigenvalue weighted by Gasteiger charge is 2.06. The summed E-state index contributed by atoms with van der Waals surface area (Å²) in [5, 5.41) is 18.4. The second-order valence-electron chi connectivity index (χ2n) is 2.42. The topological polar surface area (TPSA) is 66.9 Å². The number of nitro groups is 1. The molecule has 0 bridgehead atoms. The molecule has 0 aliphatic heterocycles. The van der Waals surface area contributed by atoms with Crippen LogP contribution in [-0.2, 0) is 6.54 Å². The van der Waals surface area contributed by atoms with Crippen molar-refractivity contribution in [1.29, 1.82) is 5.26 Å². The first-order chi connectivity index (χ1) is 6.13. The second kappa shape index (κ2) is 3.63. The van der Waals surface area contributed by atoms with E-state index in [4.69, 9.17) is 5.26 Å². The number of nitriles is 1. The highest BCUT2D eigenvalue weighted by atomic mass is 19.1. The van der Waals surface area contributed by atoms with E-state index in [-0.39, 0.29) is 11.1 Å². The van der Waals surface area contributed by atoms with Gasteiger partial charge in [-0.2, -0.15) is 5.26 Å². The molecule has 66 valence electrons. The Kier molecular flexibility index (Phi) is 2.55. The van der Waals surface area contributed by atoms with Crippen molar-refractivity contribution in [2.45, 2.75) is 6.54 Å². The van der Waals surface area contributed by atoms with Crippen LogP contribution in [0.4, 0.5) is 4.39 Å². The molecule has 0 atom stereocenters. The van der Waals surface area contributed by atoms with Crippen LogP contribution in [0.5, 0.6) is 0 Å². The van der Waals surface area contributed by atoms with E-state index in [0.29, 0.717) is 0 Å². The minimum atomic E-state index is -0.721. The minimum Gasteiger partial charge on any atom is -0.264 e. The smallest absolute Gasteiger partial charge is 0.229 e. The van der Waals surface area contributed by atoms with Crippen molar-refractivity contribution in [2.75, 3.05) is 0 Å². The van der Waals surface area contributed by atoms with Gasteiger partial charge >= 0.3 is 0 Å². The molecule has 0 heterocycles. The van der Waals surface area contributed by atoms with E-state index in [1.165, 1.54) is 12.1 Å². The largest absolute Gasteiger partial charge is 0.264 e. The summed E-state index contributed by atoms with van der Waals surface area (Å²) in [5.74, 6) is -0.721. The van der Waals surface area contributed by atoms with Crippen LogP contribution < -0.4 is 0 Å². The quantitative estimate of drug-likeness (QED) is 0.511. The van der Waals surface area contributed by atoms with Crippen molar-refractivity contribution in [2.24, 2.45) is 0 Å². The van der Waals surface area contributed by atoms with Crippen molar-refractivity contribution in [3.8, 4) is 6.07 Å². The summed E-state index contributed by atoms with van der Waals surface area (Å²) in [6.45, 7) is -0.428. The minimum absolute atomic E-state index is 0.105. The molecule has 1 aromatic rings. The lowest BCUT2D eigenvalue weighted by atomic mass is 10.1. The van der Waals surface area contributed by atoms with Crippen LogP contribution in [0, 0.1) is 27.3 Å². The van der Waals surface area contributed by atoms with Crippen LogP contribution in [-0.4, -0.2) is 4.92 Å². The molecule has 1 rings (SSSR count). The fraction of sp³-hybridized carbons (Fsp3) is 0.125. The summed E-state index contributed by atoms with van der Waals surface area (Å²) < 4.78 is 12.9. The van der Waals surface area contributed by atoms with Crippen LogP contribution in [0.25, 0.3) is 0 Å². The Hall–Kier alpha value is -1.96. The van der Waals surface area contributed by atoms with E-state index in [0.717, 1.165) is 6.07 Å². The summed E-state index contributed by atoms with van der Waals surface area (Å²) in [7, 11) is 0. The summed E-state index contributed by atoms with van der Waals surface area (Å²) in [5.41, 5.74) is 0.147. The van der Waals surface area contributed by atoms with Crippen LogP contribution in [0.15, 0.2) is 18.2 Å². The molecular formula is C8H5FN2O2. The van der Waals surface area contributed by atoms with E-state index in [1.54, 1.807) is 6.07 Å². The summed E-state index contributed by atoms with van der Waals surface area (Å²) >= 11 is 0. The van der Waals surface area contributed by atoms with Gasteiger partial charge in [-0.25, -0.2) is 4.39 Å². The Morgan fingerprint density at radius 2 is 2.31 bits per heavy atom. The Labute approximate surface area is 73.4 Å². The molecule has 13 heavy (non-hydrogen) atoms. The van der Waals surface area contributed by atoms with Crippen LogP contribution in [0.1, 0.15) is 11.1 Å². The molecule has 4 nitrogen and oxygen atoms in total. The standard InChI is InChI=1S/C8H5FN2O2/c9-8-3-6(5-11(12)13)1-2-7(8)4-10/h1-3H,5H2. The van der Waals surface area contributed by atoms with Crippen molar-refractivity contribution < 1.29 is 9.31 Å². The number of hydrogen-bond acceptors (Lipinski definition) is 3. The number of nitrogens with zero attached hydrogens (tertiary/aromatic N) is 2. The Balaban J connectivity index is 2.97. The van der Waals surface area contributed by atoms with Crippen LogP contribution >= 0.6 is 0 Å². The van der Waals surface area contributed by atoms with Gasteiger partial charge < -0.3 is 0 Å². The third-order valence-electron chi connectivity index (χ3n) is 1.47. The van der Waals surface area contributed by atoms with Gasteiger partial charge in [0, 0.05) is 10.5 Å². The van der Waals surface area contributed by atoms with Crippen molar-refractivity contribution in [3.63, 3.8) is 0 Å². The summed E-state index contributed by atoms with van der Waals surface area (Å²) in [6, 6.07) is 5.23. The predicted octanol–water partition coefficient (Wildman–Crippen LogP) is 1.47. The van der Waals surface area contributed by atoms with E-state index < -0.39 is 17.3 Å². The van der Waals surface area contributed by atoms with Crippen molar-refractivity contribution in [3.05, 3.63) is 45.3 Å². The lowest BCUT2D eigenvalue weighted by Gasteiger charge is -1.96. The first-order valence-electron chi connectivity index (χ1n) is 3.44. The monoisotopic (exact) mass is 180 g/mol. The molecule has 5 heteroatoms. The molecule has 0 saturated carbocycles. The normalized spacial score (nSPS) is 9.23. The molecule has 0 fully saturated rings. The van der Waals surface area contributed by atoms with E-state index >= 15 is 0 Å². The van der Waals surface area contributed by atoms with Gasteiger partial charge in [-0.3, -0.25) is 10.1 Å². The highest BCUT2D eigenvalue weighted by molar-refractivity contribution is 5.33. The van der Waals surface area contributed by atoms with Gasteiger partial charge in [0.1, 0.15) is 11.9 Å². The van der Waals surface area contributed by atoms with Gasteiger partial charge in [0.25, 0.3) is 0 Å². The van der Waals surface area contributed by atoms with Gasteiger partial charge in [-0.1, -0.05) is 6.07 Å². The number of benzene rings is 1. The summed E-state index contributed by atoms with van der Waals surface area (Å²) in [6.07, 6.45) is 0. The van der Waals surface area contributed by atoms with Crippen molar-refractivity contribution in [1.82, 2.24) is 0 Å². The maximum atomic E-state index is 12.9.